The van der Waals surface area contributed by atoms with E-state index in [1.54, 1.807) is 0 Å². The van der Waals surface area contributed by atoms with Gasteiger partial charge in [-0.05, 0) is 79.4 Å². The molecule has 0 aromatic carbocycles. The largest absolute Gasteiger partial charge is 0.381 e. The zero-order valence-corrected chi connectivity index (χ0v) is 21.6. The van der Waals surface area contributed by atoms with Crippen molar-refractivity contribution in [2.75, 3.05) is 0 Å². The summed E-state index contributed by atoms with van der Waals surface area (Å²) in [5.41, 5.74) is -0.957. The van der Waals surface area contributed by atoms with Crippen LogP contribution in [0.25, 0.3) is 0 Å². The zero-order chi connectivity index (χ0) is 21.9. The van der Waals surface area contributed by atoms with Crippen LogP contribution in [0.4, 0.5) is 0 Å². The predicted molar refractivity (Wildman–Crippen MR) is 128 cm³/mol. The summed E-state index contributed by atoms with van der Waals surface area (Å²) in [7, 11) is 0. The van der Waals surface area contributed by atoms with Gasteiger partial charge in [0.2, 0.25) is 0 Å². The lowest BCUT2D eigenvalue weighted by Gasteiger charge is -2.64. The van der Waals surface area contributed by atoms with Crippen molar-refractivity contribution < 1.29 is 9.90 Å². The SMILES string of the molecule is CC(C)CCCC(C)C1CCC2C3C(Br)C(=O)C4(O)CCCCC4(C)C3CCC12C. The van der Waals surface area contributed by atoms with Crippen molar-refractivity contribution in [2.24, 2.45) is 46.3 Å². The molecule has 1 N–H and O–H groups in total. The third kappa shape index (κ3) is 3.30. The van der Waals surface area contributed by atoms with E-state index in [4.69, 9.17) is 0 Å². The minimum Gasteiger partial charge on any atom is -0.381 e. The minimum atomic E-state index is -1.10. The normalized spacial score (nSPS) is 49.5. The molecule has 2 nitrogen and oxygen atoms in total. The van der Waals surface area contributed by atoms with Crippen LogP contribution in [0.15, 0.2) is 0 Å². The van der Waals surface area contributed by atoms with Gasteiger partial charge in [0.25, 0.3) is 0 Å². The molecule has 0 heterocycles. The number of alkyl halides is 1. The number of Topliss-reactive ketones (excluding diaryl/α,β-unsaturated/α-hetero) is 1. The summed E-state index contributed by atoms with van der Waals surface area (Å²) >= 11 is 3.88. The molecule has 0 bridgehead atoms. The smallest absolute Gasteiger partial charge is 0.178 e. The van der Waals surface area contributed by atoms with Gasteiger partial charge in [0.05, 0.1) is 4.83 Å². The number of rotatable bonds is 5. The summed E-state index contributed by atoms with van der Waals surface area (Å²) in [4.78, 5) is 13.4. The van der Waals surface area contributed by atoms with Crippen LogP contribution in [0.1, 0.15) is 105 Å². The Balaban J connectivity index is 1.58. The third-order valence-electron chi connectivity index (χ3n) is 10.8. The van der Waals surface area contributed by atoms with Gasteiger partial charge in [0.1, 0.15) is 5.60 Å². The number of carbonyl (C=O) groups excluding carboxylic acids is 1. The van der Waals surface area contributed by atoms with Crippen LogP contribution in [0, 0.1) is 46.3 Å². The molecule has 9 unspecified atom stereocenters. The number of hydrogen-bond acceptors (Lipinski definition) is 2. The number of ketones is 1. The highest BCUT2D eigenvalue weighted by Crippen LogP contribution is 2.69. The second-order valence-electron chi connectivity index (χ2n) is 12.6. The molecule has 172 valence electrons. The maximum atomic E-state index is 13.6. The number of halogens is 1. The van der Waals surface area contributed by atoms with E-state index in [-0.39, 0.29) is 16.0 Å². The average molecular weight is 482 g/mol. The fourth-order valence-corrected chi connectivity index (χ4v) is 10.2. The van der Waals surface area contributed by atoms with Crippen LogP contribution in [0.2, 0.25) is 0 Å². The molecular formula is C27H45BrO2. The van der Waals surface area contributed by atoms with E-state index in [1.807, 2.05) is 0 Å². The molecule has 9 atom stereocenters. The standard InChI is InChI=1S/C27H45BrO2/c1-17(2)9-8-10-18(3)19-11-12-20-22-21(13-16-25(19,20)4)26(5)14-6-7-15-27(26,30)24(29)23(22)28/h17-23,30H,6-16H2,1-5H3. The molecule has 4 aliphatic rings. The summed E-state index contributed by atoms with van der Waals surface area (Å²) in [6.07, 6.45) is 13.0. The van der Waals surface area contributed by atoms with Crippen LogP contribution in [0.5, 0.6) is 0 Å². The Morgan fingerprint density at radius 3 is 2.40 bits per heavy atom. The van der Waals surface area contributed by atoms with Gasteiger partial charge < -0.3 is 5.11 Å². The van der Waals surface area contributed by atoms with Crippen molar-refractivity contribution in [1.82, 2.24) is 0 Å². The maximum Gasteiger partial charge on any atom is 0.178 e. The third-order valence-corrected chi connectivity index (χ3v) is 11.8. The first-order valence-corrected chi connectivity index (χ1v) is 13.9. The molecule has 0 aromatic rings. The maximum absolute atomic E-state index is 13.6. The number of hydrogen-bond donors (Lipinski definition) is 1. The molecule has 4 saturated carbocycles. The van der Waals surface area contributed by atoms with Crippen LogP contribution < -0.4 is 0 Å². The molecule has 30 heavy (non-hydrogen) atoms. The lowest BCUT2D eigenvalue weighted by atomic mass is 9.43. The summed E-state index contributed by atoms with van der Waals surface area (Å²) in [6, 6.07) is 0. The van der Waals surface area contributed by atoms with Crippen molar-refractivity contribution in [3.8, 4) is 0 Å². The zero-order valence-electron chi connectivity index (χ0n) is 20.1. The topological polar surface area (TPSA) is 37.3 Å². The van der Waals surface area contributed by atoms with Crippen LogP contribution >= 0.6 is 15.9 Å². The molecule has 0 amide bonds. The number of fused-ring (bicyclic) bond motifs is 5. The lowest BCUT2D eigenvalue weighted by molar-refractivity contribution is -0.201. The molecule has 4 rings (SSSR count). The van der Waals surface area contributed by atoms with Gasteiger partial charge in [-0.25, -0.2) is 0 Å². The summed E-state index contributed by atoms with van der Waals surface area (Å²) in [6.45, 7) is 12.0. The number of aliphatic hydroxyl groups is 1. The second-order valence-corrected chi connectivity index (χ2v) is 13.6. The van der Waals surface area contributed by atoms with Gasteiger partial charge in [-0.15, -0.1) is 0 Å². The predicted octanol–water partition coefficient (Wildman–Crippen LogP) is 7.17. The van der Waals surface area contributed by atoms with Crippen LogP contribution in [-0.4, -0.2) is 21.3 Å². The highest BCUT2D eigenvalue weighted by Gasteiger charge is 2.69. The van der Waals surface area contributed by atoms with Gasteiger partial charge in [-0.2, -0.15) is 0 Å². The molecule has 0 saturated heterocycles. The van der Waals surface area contributed by atoms with E-state index >= 15 is 0 Å². The molecule has 0 aliphatic heterocycles. The van der Waals surface area contributed by atoms with E-state index in [1.165, 1.54) is 51.4 Å². The van der Waals surface area contributed by atoms with E-state index in [0.29, 0.717) is 29.6 Å². The van der Waals surface area contributed by atoms with Crippen molar-refractivity contribution in [3.05, 3.63) is 0 Å². The Morgan fingerprint density at radius 2 is 1.70 bits per heavy atom. The van der Waals surface area contributed by atoms with Gasteiger partial charge in [-0.3, -0.25) is 4.79 Å². The lowest BCUT2D eigenvalue weighted by Crippen LogP contribution is -2.69. The Kier molecular flexibility index (Phi) is 6.33. The molecule has 3 heteroatoms. The Labute approximate surface area is 193 Å². The molecule has 0 aromatic heterocycles. The van der Waals surface area contributed by atoms with Crippen molar-refractivity contribution in [2.45, 2.75) is 116 Å². The Hall–Kier alpha value is 0.110. The molecule has 0 radical (unpaired) electrons. The molecule has 0 spiro atoms. The van der Waals surface area contributed by atoms with E-state index in [2.05, 4.69) is 50.5 Å². The fraction of sp³-hybridized carbons (Fsp3) is 0.963. The van der Waals surface area contributed by atoms with Crippen molar-refractivity contribution in [1.29, 1.82) is 0 Å². The summed E-state index contributed by atoms with van der Waals surface area (Å²) in [5, 5.41) is 11.6. The monoisotopic (exact) mass is 480 g/mol. The van der Waals surface area contributed by atoms with Crippen LogP contribution in [0.3, 0.4) is 0 Å². The van der Waals surface area contributed by atoms with Crippen molar-refractivity contribution >= 4 is 21.7 Å². The van der Waals surface area contributed by atoms with Gasteiger partial charge in [-0.1, -0.05) is 82.7 Å². The van der Waals surface area contributed by atoms with E-state index in [9.17, 15) is 9.90 Å². The first kappa shape index (κ1) is 23.3. The van der Waals surface area contributed by atoms with Crippen LogP contribution in [-0.2, 0) is 4.79 Å². The van der Waals surface area contributed by atoms with E-state index < -0.39 is 5.60 Å². The average Bonchev–Trinajstić information content (AvgIpc) is 3.04. The van der Waals surface area contributed by atoms with Gasteiger partial charge in [0.15, 0.2) is 5.78 Å². The molecule has 4 aliphatic carbocycles. The van der Waals surface area contributed by atoms with Crippen molar-refractivity contribution in [3.63, 3.8) is 0 Å². The Morgan fingerprint density at radius 1 is 1.00 bits per heavy atom. The first-order valence-electron chi connectivity index (χ1n) is 13.0. The number of carbonyl (C=O) groups is 1. The first-order chi connectivity index (χ1) is 14.1. The summed E-state index contributed by atoms with van der Waals surface area (Å²) < 4.78 is 0. The minimum absolute atomic E-state index is 0.114. The molecular weight excluding hydrogens is 436 g/mol. The Bertz CT molecular complexity index is 661. The van der Waals surface area contributed by atoms with Gasteiger partial charge >= 0.3 is 0 Å². The highest BCUT2D eigenvalue weighted by molar-refractivity contribution is 9.10. The quantitative estimate of drug-likeness (QED) is 0.423. The van der Waals surface area contributed by atoms with Gasteiger partial charge in [0, 0.05) is 5.41 Å². The molecule has 4 fully saturated rings. The highest BCUT2D eigenvalue weighted by atomic mass is 79.9. The summed E-state index contributed by atoms with van der Waals surface area (Å²) in [5.74, 6) is 4.02. The fourth-order valence-electron chi connectivity index (χ4n) is 9.04. The second kappa shape index (κ2) is 8.15. The van der Waals surface area contributed by atoms with E-state index in [0.717, 1.165) is 30.6 Å².